The lowest BCUT2D eigenvalue weighted by molar-refractivity contribution is -0.117. The zero-order valence-corrected chi connectivity index (χ0v) is 14.0. The summed E-state index contributed by atoms with van der Waals surface area (Å²) in [5.41, 5.74) is 2.42. The second-order valence-corrected chi connectivity index (χ2v) is 5.68. The molecule has 2 aromatic carbocycles. The van der Waals surface area contributed by atoms with Gasteiger partial charge in [-0.3, -0.25) is 4.79 Å². The van der Waals surface area contributed by atoms with Gasteiger partial charge in [-0.25, -0.2) is 0 Å². The second kappa shape index (κ2) is 8.39. The van der Waals surface area contributed by atoms with Crippen LogP contribution in [0.5, 0.6) is 0 Å². The average Bonchev–Trinajstić information content (AvgIpc) is 2.59. The number of carbonyl (C=O) groups is 1. The molecule has 0 unspecified atom stereocenters. The average molecular weight is 329 g/mol. The normalized spacial score (nSPS) is 10.2. The van der Waals surface area contributed by atoms with E-state index in [0.717, 1.165) is 24.2 Å². The molecule has 0 atom stereocenters. The third-order valence-corrected chi connectivity index (χ3v) is 3.72. The summed E-state index contributed by atoms with van der Waals surface area (Å²) in [6, 6.07) is 17.2. The highest BCUT2D eigenvalue weighted by molar-refractivity contribution is 6.30. The molecule has 4 heteroatoms. The molecule has 0 aromatic heterocycles. The van der Waals surface area contributed by atoms with Gasteiger partial charge in [0.1, 0.15) is 0 Å². The van der Waals surface area contributed by atoms with Gasteiger partial charge in [-0.1, -0.05) is 55.4 Å². The van der Waals surface area contributed by atoms with Crippen LogP contribution >= 0.6 is 11.6 Å². The summed E-state index contributed by atoms with van der Waals surface area (Å²) >= 11 is 5.86. The highest BCUT2D eigenvalue weighted by atomic mass is 35.5. The van der Waals surface area contributed by atoms with E-state index in [2.05, 4.69) is 18.8 Å². The zero-order chi connectivity index (χ0) is 16.7. The molecule has 0 aliphatic heterocycles. The number of amides is 1. The number of para-hydroxylation sites is 1. The van der Waals surface area contributed by atoms with Crippen molar-refractivity contribution in [3.8, 4) is 0 Å². The summed E-state index contributed by atoms with van der Waals surface area (Å²) in [5, 5.41) is 3.59. The topological polar surface area (TPSA) is 32.3 Å². The number of nitrogens with zero attached hydrogens (tertiary/aromatic N) is 1. The van der Waals surface area contributed by atoms with Crippen LogP contribution in [0.3, 0.4) is 0 Å². The van der Waals surface area contributed by atoms with Crippen LogP contribution in [0.15, 0.2) is 66.9 Å². The largest absolute Gasteiger partial charge is 0.347 e. The molecule has 0 heterocycles. The first-order valence-corrected chi connectivity index (χ1v) is 8.03. The number of anilines is 1. The molecule has 120 valence electrons. The van der Waals surface area contributed by atoms with Crippen LogP contribution in [0.4, 0.5) is 5.69 Å². The summed E-state index contributed by atoms with van der Waals surface area (Å²) < 4.78 is 0. The Kier molecular flexibility index (Phi) is 6.24. The van der Waals surface area contributed by atoms with Crippen molar-refractivity contribution in [2.45, 2.75) is 19.9 Å². The van der Waals surface area contributed by atoms with Crippen LogP contribution in [0.1, 0.15) is 18.9 Å². The number of benzene rings is 2. The van der Waals surface area contributed by atoms with Gasteiger partial charge in [0, 0.05) is 23.8 Å². The van der Waals surface area contributed by atoms with Gasteiger partial charge in [-0.2, -0.15) is 0 Å². The fraction of sp³-hybridized carbons (Fsp3) is 0.211. The Morgan fingerprint density at radius 1 is 1.13 bits per heavy atom. The molecule has 0 spiro atoms. The van der Waals surface area contributed by atoms with E-state index in [1.165, 1.54) is 0 Å². The molecule has 2 aromatic rings. The van der Waals surface area contributed by atoms with E-state index >= 15 is 0 Å². The molecule has 0 aliphatic carbocycles. The number of carbonyl (C=O) groups excluding carboxylic acids is 1. The molecule has 0 radical (unpaired) electrons. The molecule has 0 bridgehead atoms. The maximum Gasteiger partial charge on any atom is 0.267 e. The summed E-state index contributed by atoms with van der Waals surface area (Å²) in [7, 11) is 0. The van der Waals surface area contributed by atoms with Crippen molar-refractivity contribution in [2.24, 2.45) is 0 Å². The van der Waals surface area contributed by atoms with Crippen LogP contribution in [0.25, 0.3) is 0 Å². The lowest BCUT2D eigenvalue weighted by atomic mass is 10.2. The molecular weight excluding hydrogens is 308 g/mol. The lowest BCUT2D eigenvalue weighted by Crippen LogP contribution is -2.34. The molecule has 0 fully saturated rings. The molecule has 23 heavy (non-hydrogen) atoms. The summed E-state index contributed by atoms with van der Waals surface area (Å²) in [5.74, 6) is -0.169. The molecule has 3 nitrogen and oxygen atoms in total. The quantitative estimate of drug-likeness (QED) is 0.765. The zero-order valence-electron chi connectivity index (χ0n) is 13.3. The van der Waals surface area contributed by atoms with Gasteiger partial charge in [0.2, 0.25) is 0 Å². The smallest absolute Gasteiger partial charge is 0.267 e. The van der Waals surface area contributed by atoms with Gasteiger partial charge in [-0.15, -0.1) is 0 Å². The molecule has 0 saturated heterocycles. The monoisotopic (exact) mass is 328 g/mol. The number of rotatable bonds is 7. The fourth-order valence-electron chi connectivity index (χ4n) is 2.26. The van der Waals surface area contributed by atoms with Gasteiger partial charge >= 0.3 is 0 Å². The summed E-state index contributed by atoms with van der Waals surface area (Å²) in [6.07, 6.45) is 0.929. The summed E-state index contributed by atoms with van der Waals surface area (Å²) in [4.78, 5) is 14.3. The minimum absolute atomic E-state index is 0.169. The molecule has 2 rings (SSSR count). The van der Waals surface area contributed by atoms with Crippen molar-refractivity contribution in [3.63, 3.8) is 0 Å². The molecular formula is C19H21ClN2O. The van der Waals surface area contributed by atoms with Crippen LogP contribution in [0, 0.1) is 0 Å². The van der Waals surface area contributed by atoms with Crippen LogP contribution in [-0.2, 0) is 11.3 Å². The van der Waals surface area contributed by atoms with Gasteiger partial charge in [0.05, 0.1) is 5.70 Å². The minimum Gasteiger partial charge on any atom is -0.347 e. The Morgan fingerprint density at radius 3 is 2.39 bits per heavy atom. The van der Waals surface area contributed by atoms with Crippen LogP contribution in [-0.4, -0.2) is 12.5 Å². The Labute approximate surface area is 142 Å². The maximum absolute atomic E-state index is 12.4. The SMILES string of the molecule is C=C(C(=O)NCc1ccc(Cl)cc1)N(CCC)c1ccccc1. The van der Waals surface area contributed by atoms with Gasteiger partial charge in [-0.05, 0) is 36.2 Å². The maximum atomic E-state index is 12.4. The van der Waals surface area contributed by atoms with E-state index in [-0.39, 0.29) is 5.91 Å². The third-order valence-electron chi connectivity index (χ3n) is 3.47. The van der Waals surface area contributed by atoms with Crippen molar-refractivity contribution >= 4 is 23.2 Å². The Bertz CT molecular complexity index is 653. The van der Waals surface area contributed by atoms with Crippen molar-refractivity contribution < 1.29 is 4.79 Å². The first kappa shape index (κ1) is 17.1. The minimum atomic E-state index is -0.169. The van der Waals surface area contributed by atoms with Crippen molar-refractivity contribution in [1.29, 1.82) is 0 Å². The standard InChI is InChI=1S/C19H21ClN2O/c1-3-13-22(18-7-5-4-6-8-18)15(2)19(23)21-14-16-9-11-17(20)12-10-16/h4-12H,2-3,13-14H2,1H3,(H,21,23). The number of halogens is 1. The molecule has 1 N–H and O–H groups in total. The van der Waals surface area contributed by atoms with Crippen molar-refractivity contribution in [1.82, 2.24) is 5.32 Å². The number of hydrogen-bond donors (Lipinski definition) is 1. The Morgan fingerprint density at radius 2 is 1.78 bits per heavy atom. The van der Waals surface area contributed by atoms with Crippen LogP contribution in [0.2, 0.25) is 5.02 Å². The van der Waals surface area contributed by atoms with Crippen molar-refractivity contribution in [2.75, 3.05) is 11.4 Å². The lowest BCUT2D eigenvalue weighted by Gasteiger charge is -2.25. The summed E-state index contributed by atoms with van der Waals surface area (Å²) in [6.45, 7) is 7.24. The van der Waals surface area contributed by atoms with E-state index < -0.39 is 0 Å². The van der Waals surface area contributed by atoms with Gasteiger partial charge in [0.15, 0.2) is 0 Å². The fourth-order valence-corrected chi connectivity index (χ4v) is 2.39. The molecule has 0 saturated carbocycles. The first-order valence-electron chi connectivity index (χ1n) is 7.66. The highest BCUT2D eigenvalue weighted by Crippen LogP contribution is 2.18. The van der Waals surface area contributed by atoms with E-state index in [0.29, 0.717) is 17.3 Å². The number of hydrogen-bond acceptors (Lipinski definition) is 2. The predicted molar refractivity (Wildman–Crippen MR) is 96.5 cm³/mol. The number of nitrogens with one attached hydrogen (secondary N) is 1. The van der Waals surface area contributed by atoms with Crippen LogP contribution < -0.4 is 10.2 Å². The van der Waals surface area contributed by atoms with Gasteiger partial charge < -0.3 is 10.2 Å². The molecule has 0 aliphatic rings. The Balaban J connectivity index is 2.01. The first-order chi connectivity index (χ1) is 11.1. The van der Waals surface area contributed by atoms with Gasteiger partial charge in [0.25, 0.3) is 5.91 Å². The molecule has 1 amide bonds. The Hall–Kier alpha value is -2.26. The highest BCUT2D eigenvalue weighted by Gasteiger charge is 2.16. The predicted octanol–water partition coefficient (Wildman–Crippen LogP) is 4.39. The second-order valence-electron chi connectivity index (χ2n) is 5.24. The van der Waals surface area contributed by atoms with E-state index in [4.69, 9.17) is 11.6 Å². The van der Waals surface area contributed by atoms with E-state index in [1.807, 2.05) is 59.5 Å². The van der Waals surface area contributed by atoms with E-state index in [1.54, 1.807) is 0 Å². The van der Waals surface area contributed by atoms with Crippen molar-refractivity contribution in [3.05, 3.63) is 77.5 Å². The third kappa shape index (κ3) is 4.86. The van der Waals surface area contributed by atoms with E-state index in [9.17, 15) is 4.79 Å².